The highest BCUT2D eigenvalue weighted by Crippen LogP contribution is 2.29. The van der Waals surface area contributed by atoms with Gasteiger partial charge in [-0.15, -0.1) is 10.2 Å². The number of carbonyl (C=O) groups is 1. The van der Waals surface area contributed by atoms with E-state index in [9.17, 15) is 4.79 Å². The predicted octanol–water partition coefficient (Wildman–Crippen LogP) is 4.47. The lowest BCUT2D eigenvalue weighted by Gasteiger charge is -2.32. The summed E-state index contributed by atoms with van der Waals surface area (Å²) in [5, 5.41) is 8.99. The minimum absolute atomic E-state index is 0.237. The Balaban J connectivity index is 1.78. The molecule has 1 aromatic rings. The molecule has 0 spiro atoms. The highest BCUT2D eigenvalue weighted by atomic mass is 32.2. The first-order valence-corrected chi connectivity index (χ1v) is 9.81. The molecule has 0 saturated carbocycles. The molecule has 1 aromatic heterocycles. The average molecular weight is 356 g/mol. The molecule has 0 bridgehead atoms. The van der Waals surface area contributed by atoms with E-state index in [0.717, 1.165) is 18.6 Å². The molecule has 7 heteroatoms. The van der Waals surface area contributed by atoms with Crippen LogP contribution in [0.1, 0.15) is 71.6 Å². The molecular weight excluding hydrogens is 326 g/mol. The Hall–Kier alpha value is -1.24. The molecule has 1 fully saturated rings. The van der Waals surface area contributed by atoms with Gasteiger partial charge in [-0.25, -0.2) is 4.79 Å². The van der Waals surface area contributed by atoms with Gasteiger partial charge in [0.05, 0.1) is 0 Å². The number of amides is 1. The Morgan fingerprint density at radius 3 is 2.62 bits per heavy atom. The zero-order chi connectivity index (χ0) is 17.6. The maximum Gasteiger partial charge on any atom is 0.410 e. The smallest absolute Gasteiger partial charge is 0.410 e. The molecule has 24 heavy (non-hydrogen) atoms. The molecule has 2 rings (SSSR count). The second-order valence-corrected chi connectivity index (χ2v) is 8.25. The summed E-state index contributed by atoms with van der Waals surface area (Å²) >= 11 is 1.63. The van der Waals surface area contributed by atoms with Crippen molar-refractivity contribution in [1.29, 1.82) is 0 Å². The number of nitrogens with zero attached hydrogens (tertiary/aromatic N) is 3. The van der Waals surface area contributed by atoms with E-state index < -0.39 is 5.60 Å². The van der Waals surface area contributed by atoms with E-state index >= 15 is 0 Å². The molecule has 1 amide bonds. The summed E-state index contributed by atoms with van der Waals surface area (Å²) in [5.41, 5.74) is -0.454. The molecule has 2 heterocycles. The monoisotopic (exact) mass is 355 g/mol. The molecule has 0 aliphatic carbocycles. The maximum absolute atomic E-state index is 12.1. The van der Waals surface area contributed by atoms with Crippen molar-refractivity contribution in [2.45, 2.75) is 76.5 Å². The third-order valence-corrected chi connectivity index (χ3v) is 4.80. The second-order valence-electron chi connectivity index (χ2n) is 7.20. The second kappa shape index (κ2) is 8.74. The van der Waals surface area contributed by atoms with Crippen LogP contribution in [-0.2, 0) is 4.74 Å². The Morgan fingerprint density at radius 1 is 1.29 bits per heavy atom. The Bertz CT molecular complexity index is 519. The fourth-order valence-electron chi connectivity index (χ4n) is 2.59. The summed E-state index contributed by atoms with van der Waals surface area (Å²) in [4.78, 5) is 13.8. The average Bonchev–Trinajstić information content (AvgIpc) is 2.99. The van der Waals surface area contributed by atoms with Crippen molar-refractivity contribution < 1.29 is 13.9 Å². The van der Waals surface area contributed by atoms with Crippen molar-refractivity contribution in [1.82, 2.24) is 15.1 Å². The van der Waals surface area contributed by atoms with E-state index in [4.69, 9.17) is 9.15 Å². The van der Waals surface area contributed by atoms with Gasteiger partial charge in [0, 0.05) is 24.8 Å². The van der Waals surface area contributed by atoms with E-state index in [2.05, 4.69) is 17.1 Å². The highest BCUT2D eigenvalue weighted by molar-refractivity contribution is 7.99. The summed E-state index contributed by atoms with van der Waals surface area (Å²) in [5.74, 6) is 1.96. The number of rotatable bonds is 6. The molecule has 0 atom stereocenters. The fourth-order valence-corrected chi connectivity index (χ4v) is 3.36. The first-order chi connectivity index (χ1) is 11.4. The van der Waals surface area contributed by atoms with Gasteiger partial charge in [-0.1, -0.05) is 31.5 Å². The lowest BCUT2D eigenvalue weighted by atomic mass is 9.97. The van der Waals surface area contributed by atoms with Crippen LogP contribution in [0.25, 0.3) is 0 Å². The van der Waals surface area contributed by atoms with Crippen LogP contribution in [0.2, 0.25) is 0 Å². The van der Waals surface area contributed by atoms with Crippen molar-refractivity contribution in [3.63, 3.8) is 0 Å². The Labute approximate surface area is 148 Å². The molecule has 1 aliphatic heterocycles. The van der Waals surface area contributed by atoms with Gasteiger partial charge in [0.25, 0.3) is 5.22 Å². The summed E-state index contributed by atoms with van der Waals surface area (Å²) in [7, 11) is 0. The van der Waals surface area contributed by atoms with Gasteiger partial charge in [0.1, 0.15) is 5.60 Å². The summed E-state index contributed by atoms with van der Waals surface area (Å²) in [6.07, 6.45) is 5.05. The zero-order valence-corrected chi connectivity index (χ0v) is 16.0. The lowest BCUT2D eigenvalue weighted by molar-refractivity contribution is 0.0198. The van der Waals surface area contributed by atoms with E-state index in [1.54, 1.807) is 16.7 Å². The van der Waals surface area contributed by atoms with Gasteiger partial charge in [-0.3, -0.25) is 0 Å². The molecule has 0 unspecified atom stereocenters. The number of ether oxygens (including phenoxy) is 1. The largest absolute Gasteiger partial charge is 0.444 e. The Kier molecular flexibility index (Phi) is 6.95. The van der Waals surface area contributed by atoms with Gasteiger partial charge in [-0.2, -0.15) is 0 Å². The standard InChI is InChI=1S/C17H29N3O3S/c1-5-6-7-12-24-15-19-18-14(22-15)13-8-10-20(11-9-13)16(21)23-17(2,3)4/h13H,5-12H2,1-4H3. The summed E-state index contributed by atoms with van der Waals surface area (Å²) < 4.78 is 11.2. The van der Waals surface area contributed by atoms with Crippen LogP contribution in [0.4, 0.5) is 4.79 Å². The third-order valence-electron chi connectivity index (χ3n) is 3.89. The predicted molar refractivity (Wildman–Crippen MR) is 94.3 cm³/mol. The van der Waals surface area contributed by atoms with Crippen molar-refractivity contribution in [3.8, 4) is 0 Å². The van der Waals surface area contributed by atoms with Crippen LogP contribution in [0, 0.1) is 0 Å². The minimum atomic E-state index is -0.454. The Morgan fingerprint density at radius 2 is 2.00 bits per heavy atom. The van der Waals surface area contributed by atoms with Gasteiger partial charge < -0.3 is 14.1 Å². The van der Waals surface area contributed by atoms with Crippen LogP contribution in [0.3, 0.4) is 0 Å². The van der Waals surface area contributed by atoms with E-state index in [-0.39, 0.29) is 12.0 Å². The van der Waals surface area contributed by atoms with Crippen LogP contribution in [-0.4, -0.2) is 45.6 Å². The maximum atomic E-state index is 12.1. The number of aromatic nitrogens is 2. The van der Waals surface area contributed by atoms with Crippen molar-refractivity contribution in [3.05, 3.63) is 5.89 Å². The van der Waals surface area contributed by atoms with Crippen LogP contribution < -0.4 is 0 Å². The number of unbranched alkanes of at least 4 members (excludes halogenated alkanes) is 2. The molecular formula is C17H29N3O3S. The third kappa shape index (κ3) is 6.00. The fraction of sp³-hybridized carbons (Fsp3) is 0.824. The number of carbonyl (C=O) groups excluding carboxylic acids is 1. The van der Waals surface area contributed by atoms with E-state index in [1.165, 1.54) is 19.3 Å². The lowest BCUT2D eigenvalue weighted by Crippen LogP contribution is -2.41. The zero-order valence-electron chi connectivity index (χ0n) is 15.2. The number of piperidine rings is 1. The van der Waals surface area contributed by atoms with Crippen molar-refractivity contribution in [2.24, 2.45) is 0 Å². The first kappa shape index (κ1) is 19.1. The van der Waals surface area contributed by atoms with Crippen LogP contribution in [0.5, 0.6) is 0 Å². The topological polar surface area (TPSA) is 68.5 Å². The number of hydrogen-bond donors (Lipinski definition) is 0. The van der Waals surface area contributed by atoms with E-state index in [1.807, 2.05) is 20.8 Å². The molecule has 0 aromatic carbocycles. The van der Waals surface area contributed by atoms with Crippen molar-refractivity contribution in [2.75, 3.05) is 18.8 Å². The molecule has 1 saturated heterocycles. The normalized spacial score (nSPS) is 16.4. The van der Waals surface area contributed by atoms with Gasteiger partial charge in [-0.05, 0) is 40.0 Å². The van der Waals surface area contributed by atoms with Gasteiger partial charge >= 0.3 is 6.09 Å². The quantitative estimate of drug-likeness (QED) is 0.554. The van der Waals surface area contributed by atoms with Crippen LogP contribution >= 0.6 is 11.8 Å². The van der Waals surface area contributed by atoms with Gasteiger partial charge in [0.15, 0.2) is 0 Å². The number of likely N-dealkylation sites (tertiary alicyclic amines) is 1. The molecule has 6 nitrogen and oxygen atoms in total. The SMILES string of the molecule is CCCCCSc1nnc(C2CCN(C(=O)OC(C)(C)C)CC2)o1. The molecule has 1 aliphatic rings. The molecule has 0 radical (unpaired) electrons. The molecule has 136 valence electrons. The molecule has 0 N–H and O–H groups in total. The summed E-state index contributed by atoms with van der Waals surface area (Å²) in [6.45, 7) is 9.18. The van der Waals surface area contributed by atoms with Crippen LogP contribution in [0.15, 0.2) is 9.64 Å². The number of thioether (sulfide) groups is 1. The number of hydrogen-bond acceptors (Lipinski definition) is 6. The van der Waals surface area contributed by atoms with Crippen molar-refractivity contribution >= 4 is 17.9 Å². The minimum Gasteiger partial charge on any atom is -0.444 e. The first-order valence-electron chi connectivity index (χ1n) is 8.83. The van der Waals surface area contributed by atoms with Gasteiger partial charge in [0.2, 0.25) is 5.89 Å². The van der Waals surface area contributed by atoms with E-state index in [0.29, 0.717) is 24.2 Å². The highest BCUT2D eigenvalue weighted by Gasteiger charge is 2.29. The summed E-state index contributed by atoms with van der Waals surface area (Å²) in [6, 6.07) is 0.